The highest BCUT2D eigenvalue weighted by Gasteiger charge is 2.64. The van der Waals surface area contributed by atoms with Gasteiger partial charge in [-0.1, -0.05) is 6.07 Å². The minimum atomic E-state index is -5.08. The van der Waals surface area contributed by atoms with Crippen molar-refractivity contribution >= 4 is 17.8 Å². The first kappa shape index (κ1) is 34.8. The maximum atomic E-state index is 13.6. The fourth-order valence-electron chi connectivity index (χ4n) is 6.24. The van der Waals surface area contributed by atoms with Crippen molar-refractivity contribution in [1.82, 2.24) is 19.7 Å². The number of carbonyl (C=O) groups excluding carboxylic acids is 1. The molecule has 3 saturated heterocycles. The van der Waals surface area contributed by atoms with Crippen LogP contribution in [0.2, 0.25) is 0 Å². The third-order valence-electron chi connectivity index (χ3n) is 8.34. The van der Waals surface area contributed by atoms with E-state index in [0.717, 1.165) is 71.6 Å². The number of likely N-dealkylation sites (tertiary alicyclic amines) is 3. The number of piperidine rings is 1. The van der Waals surface area contributed by atoms with Gasteiger partial charge in [0.25, 0.3) is 0 Å². The normalized spacial score (nSPS) is 22.0. The fourth-order valence-corrected chi connectivity index (χ4v) is 6.24. The highest BCUT2D eigenvalue weighted by atomic mass is 19.4. The second-order valence-corrected chi connectivity index (χ2v) is 11.0. The second kappa shape index (κ2) is 14.0. The standard InChI is InChI=1S/C24H32N4O2.2C2HF3O2/c1-2-28-12-8-24(22(28)29)19-27(15-20-4-3-9-25-14-20)18-23(24)6-10-26(11-7-23)16-21-5-13-30-17-21;2*3-2(4,5)1(6)7/h3-5,9,13-14,17H,2,6-8,10-12,15-16,18-19H2,1H3;2*(H,6,7). The molecular weight excluding hydrogens is 602 g/mol. The number of furan rings is 1. The molecule has 0 radical (unpaired) electrons. The van der Waals surface area contributed by atoms with Gasteiger partial charge in [-0.05, 0) is 57.0 Å². The number of carbonyl (C=O) groups is 3. The van der Waals surface area contributed by atoms with Crippen molar-refractivity contribution < 1.29 is 55.4 Å². The summed E-state index contributed by atoms with van der Waals surface area (Å²) in [5.74, 6) is -5.11. The largest absolute Gasteiger partial charge is 0.490 e. The fraction of sp³-hybridized carbons (Fsp3) is 0.571. The minimum Gasteiger partial charge on any atom is -0.475 e. The number of carboxylic acids is 2. The summed E-state index contributed by atoms with van der Waals surface area (Å²) in [4.78, 5) is 42.8. The molecule has 44 heavy (non-hydrogen) atoms. The van der Waals surface area contributed by atoms with Crippen LogP contribution in [0.5, 0.6) is 0 Å². The molecule has 244 valence electrons. The Balaban J connectivity index is 0.000000317. The average molecular weight is 637 g/mol. The number of hydrogen-bond donors (Lipinski definition) is 2. The van der Waals surface area contributed by atoms with Crippen molar-refractivity contribution in [2.45, 2.75) is 51.6 Å². The lowest BCUT2D eigenvalue weighted by molar-refractivity contribution is -0.193. The van der Waals surface area contributed by atoms with E-state index in [0.29, 0.717) is 5.91 Å². The number of pyridine rings is 1. The van der Waals surface area contributed by atoms with Crippen LogP contribution in [0.1, 0.15) is 37.3 Å². The van der Waals surface area contributed by atoms with E-state index in [1.54, 1.807) is 6.26 Å². The van der Waals surface area contributed by atoms with Crippen LogP contribution in [0.4, 0.5) is 26.3 Å². The smallest absolute Gasteiger partial charge is 0.475 e. The number of nitrogens with zero attached hydrogens (tertiary/aromatic N) is 4. The van der Waals surface area contributed by atoms with E-state index in [1.807, 2.05) is 24.7 Å². The Morgan fingerprint density at radius 2 is 1.50 bits per heavy atom. The summed E-state index contributed by atoms with van der Waals surface area (Å²) in [5, 5.41) is 14.2. The first-order chi connectivity index (χ1) is 20.5. The van der Waals surface area contributed by atoms with Crippen molar-refractivity contribution in [3.05, 3.63) is 54.2 Å². The van der Waals surface area contributed by atoms with Crippen molar-refractivity contribution in [3.8, 4) is 0 Å². The van der Waals surface area contributed by atoms with E-state index in [-0.39, 0.29) is 10.8 Å². The van der Waals surface area contributed by atoms with Crippen LogP contribution in [-0.2, 0) is 27.5 Å². The molecule has 0 saturated carbocycles. The van der Waals surface area contributed by atoms with Crippen LogP contribution in [-0.4, -0.2) is 99.4 Å². The predicted octanol–water partition coefficient (Wildman–Crippen LogP) is 4.28. The van der Waals surface area contributed by atoms with Crippen molar-refractivity contribution in [2.24, 2.45) is 10.8 Å². The monoisotopic (exact) mass is 636 g/mol. The topological polar surface area (TPSA) is 127 Å². The van der Waals surface area contributed by atoms with Crippen LogP contribution in [0.3, 0.4) is 0 Å². The van der Waals surface area contributed by atoms with Gasteiger partial charge in [0, 0.05) is 62.6 Å². The predicted molar refractivity (Wildman–Crippen MR) is 142 cm³/mol. The number of aliphatic carboxylic acids is 2. The quantitative estimate of drug-likeness (QED) is 0.463. The summed E-state index contributed by atoms with van der Waals surface area (Å²) >= 11 is 0. The number of hydrogen-bond acceptors (Lipinski definition) is 7. The zero-order valence-electron chi connectivity index (χ0n) is 23.9. The van der Waals surface area contributed by atoms with Gasteiger partial charge in [-0.25, -0.2) is 9.59 Å². The second-order valence-electron chi connectivity index (χ2n) is 11.0. The number of aromatic nitrogens is 1. The molecule has 3 aliphatic heterocycles. The van der Waals surface area contributed by atoms with Gasteiger partial charge < -0.3 is 19.5 Å². The first-order valence-electron chi connectivity index (χ1n) is 13.8. The molecule has 0 bridgehead atoms. The molecule has 2 spiro atoms. The average Bonchev–Trinajstić information content (AvgIpc) is 3.65. The third kappa shape index (κ3) is 8.28. The Labute approximate surface area is 249 Å². The lowest BCUT2D eigenvalue weighted by atomic mass is 9.60. The van der Waals surface area contributed by atoms with Gasteiger partial charge in [0.2, 0.25) is 5.91 Å². The zero-order chi connectivity index (χ0) is 32.8. The van der Waals surface area contributed by atoms with Gasteiger partial charge in [0.15, 0.2) is 0 Å². The van der Waals surface area contributed by atoms with Gasteiger partial charge in [0.05, 0.1) is 17.9 Å². The maximum Gasteiger partial charge on any atom is 0.490 e. The first-order valence-corrected chi connectivity index (χ1v) is 13.8. The lowest BCUT2D eigenvalue weighted by Crippen LogP contribution is -2.52. The number of carboxylic acid groups (broad SMARTS) is 2. The Morgan fingerprint density at radius 3 is 1.95 bits per heavy atom. The molecular formula is C28H34F6N4O6. The summed E-state index contributed by atoms with van der Waals surface area (Å²) in [6.07, 6.45) is 0.405. The van der Waals surface area contributed by atoms with Crippen molar-refractivity contribution in [2.75, 3.05) is 39.3 Å². The number of halogens is 6. The van der Waals surface area contributed by atoms with E-state index < -0.39 is 24.3 Å². The van der Waals surface area contributed by atoms with Crippen LogP contribution in [0.15, 0.2) is 47.5 Å². The van der Waals surface area contributed by atoms with Crippen LogP contribution < -0.4 is 0 Å². The summed E-state index contributed by atoms with van der Waals surface area (Å²) in [7, 11) is 0. The van der Waals surface area contributed by atoms with Gasteiger partial charge in [-0.2, -0.15) is 26.3 Å². The van der Waals surface area contributed by atoms with E-state index in [9.17, 15) is 31.1 Å². The van der Waals surface area contributed by atoms with Crippen LogP contribution in [0.25, 0.3) is 0 Å². The van der Waals surface area contributed by atoms with Gasteiger partial charge >= 0.3 is 24.3 Å². The summed E-state index contributed by atoms with van der Waals surface area (Å²) in [6.45, 7) is 9.68. The molecule has 16 heteroatoms. The molecule has 2 aromatic heterocycles. The summed E-state index contributed by atoms with van der Waals surface area (Å²) < 4.78 is 68.7. The Bertz CT molecular complexity index is 1230. The molecule has 0 aromatic carbocycles. The number of amides is 1. The summed E-state index contributed by atoms with van der Waals surface area (Å²) in [6, 6.07) is 6.20. The third-order valence-corrected chi connectivity index (χ3v) is 8.34. The highest BCUT2D eigenvalue weighted by molar-refractivity contribution is 5.86. The molecule has 3 aliphatic rings. The van der Waals surface area contributed by atoms with E-state index in [2.05, 4.69) is 38.7 Å². The molecule has 2 aromatic rings. The van der Waals surface area contributed by atoms with E-state index >= 15 is 0 Å². The van der Waals surface area contributed by atoms with Gasteiger partial charge in [0.1, 0.15) is 0 Å². The van der Waals surface area contributed by atoms with Crippen LogP contribution >= 0.6 is 0 Å². The Morgan fingerprint density at radius 1 is 0.909 bits per heavy atom. The maximum absolute atomic E-state index is 13.6. The molecule has 10 nitrogen and oxygen atoms in total. The molecule has 0 aliphatic carbocycles. The lowest BCUT2D eigenvalue weighted by Gasteiger charge is -2.47. The zero-order valence-corrected chi connectivity index (χ0v) is 23.9. The number of alkyl halides is 6. The highest BCUT2D eigenvalue weighted by Crippen LogP contribution is 2.58. The number of rotatable bonds is 5. The molecule has 3 fully saturated rings. The van der Waals surface area contributed by atoms with E-state index in [4.69, 9.17) is 24.2 Å². The molecule has 1 unspecified atom stereocenters. The minimum absolute atomic E-state index is 0.0864. The van der Waals surface area contributed by atoms with Crippen molar-refractivity contribution in [1.29, 1.82) is 0 Å². The molecule has 1 atom stereocenters. The molecule has 5 heterocycles. The Hall–Kier alpha value is -3.66. The SMILES string of the molecule is CCN1CCC2(CN(Cc3cccnc3)CC23CCN(Cc2ccoc2)CC3)C1=O.O=C(O)C(F)(F)F.O=C(O)C(F)(F)F. The van der Waals surface area contributed by atoms with Crippen molar-refractivity contribution in [3.63, 3.8) is 0 Å². The van der Waals surface area contributed by atoms with Crippen LogP contribution in [0, 0.1) is 10.8 Å². The molecule has 5 rings (SSSR count). The summed E-state index contributed by atoms with van der Waals surface area (Å²) in [5.41, 5.74) is 2.34. The molecule has 1 amide bonds. The molecule has 2 N–H and O–H groups in total. The number of fused-ring (bicyclic) bond motifs is 1. The van der Waals surface area contributed by atoms with Gasteiger partial charge in [-0.3, -0.25) is 19.6 Å². The van der Waals surface area contributed by atoms with Gasteiger partial charge in [-0.15, -0.1) is 0 Å². The Kier molecular flexibility index (Phi) is 11.1. The van der Waals surface area contributed by atoms with E-state index in [1.165, 1.54) is 11.1 Å².